The molecule has 1 aliphatic rings. The quantitative estimate of drug-likeness (QED) is 0.831. The molecule has 1 atom stereocenters. The summed E-state index contributed by atoms with van der Waals surface area (Å²) in [7, 11) is 0. The van der Waals surface area contributed by atoms with Gasteiger partial charge in [-0.05, 0) is 39.2 Å². The number of hydrogen-bond donors (Lipinski definition) is 1. The molecule has 0 aromatic carbocycles. The summed E-state index contributed by atoms with van der Waals surface area (Å²) in [5.41, 5.74) is 1.87. The second-order valence-electron chi connectivity index (χ2n) is 4.57. The van der Waals surface area contributed by atoms with Crippen molar-refractivity contribution in [1.29, 1.82) is 0 Å². The lowest BCUT2D eigenvalue weighted by molar-refractivity contribution is 0.198. The zero-order valence-electron chi connectivity index (χ0n) is 10.1. The van der Waals surface area contributed by atoms with Crippen molar-refractivity contribution in [3.63, 3.8) is 0 Å². The molecule has 16 heavy (non-hydrogen) atoms. The Morgan fingerprint density at radius 1 is 1.25 bits per heavy atom. The van der Waals surface area contributed by atoms with Crippen LogP contribution in [0.4, 0.5) is 5.82 Å². The molecule has 1 saturated heterocycles. The predicted octanol–water partition coefficient (Wildman–Crippen LogP) is 2.43. The van der Waals surface area contributed by atoms with Gasteiger partial charge >= 0.3 is 0 Å². The van der Waals surface area contributed by atoms with Crippen molar-refractivity contribution in [3.05, 3.63) is 23.4 Å². The zero-order chi connectivity index (χ0) is 11.5. The number of anilines is 1. The highest BCUT2D eigenvalue weighted by atomic mass is 16.3. The molecule has 88 valence electrons. The Bertz CT molecular complexity index is 357. The van der Waals surface area contributed by atoms with Gasteiger partial charge in [-0.25, -0.2) is 4.98 Å². The fourth-order valence-electron chi connectivity index (χ4n) is 2.30. The summed E-state index contributed by atoms with van der Waals surface area (Å²) in [6.45, 7) is 5.97. The van der Waals surface area contributed by atoms with Crippen LogP contribution in [-0.4, -0.2) is 23.2 Å². The van der Waals surface area contributed by atoms with Crippen LogP contribution in [-0.2, 0) is 0 Å². The van der Waals surface area contributed by atoms with Crippen molar-refractivity contribution < 1.29 is 5.11 Å². The largest absolute Gasteiger partial charge is 0.389 e. The van der Waals surface area contributed by atoms with Crippen LogP contribution >= 0.6 is 0 Å². The van der Waals surface area contributed by atoms with Gasteiger partial charge in [-0.2, -0.15) is 0 Å². The first-order chi connectivity index (χ1) is 7.68. The number of piperidine rings is 1. The summed E-state index contributed by atoms with van der Waals surface area (Å²) in [6, 6.07) is 4.03. The van der Waals surface area contributed by atoms with Gasteiger partial charge < -0.3 is 10.0 Å². The molecule has 1 aromatic rings. The fraction of sp³-hybridized carbons (Fsp3) is 0.615. The second-order valence-corrected chi connectivity index (χ2v) is 4.57. The molecule has 1 aromatic heterocycles. The Morgan fingerprint density at radius 2 is 1.94 bits per heavy atom. The smallest absolute Gasteiger partial charge is 0.128 e. The van der Waals surface area contributed by atoms with Crippen LogP contribution in [0, 0.1) is 6.92 Å². The molecule has 1 N–H and O–H groups in total. The lowest BCUT2D eigenvalue weighted by Gasteiger charge is -2.28. The van der Waals surface area contributed by atoms with Crippen molar-refractivity contribution in [2.75, 3.05) is 18.0 Å². The maximum Gasteiger partial charge on any atom is 0.128 e. The van der Waals surface area contributed by atoms with Crippen molar-refractivity contribution in [2.24, 2.45) is 0 Å². The highest BCUT2D eigenvalue weighted by molar-refractivity contribution is 5.42. The van der Waals surface area contributed by atoms with Gasteiger partial charge in [0.1, 0.15) is 5.82 Å². The number of pyridine rings is 1. The lowest BCUT2D eigenvalue weighted by Crippen LogP contribution is -2.30. The molecule has 0 bridgehead atoms. The van der Waals surface area contributed by atoms with Crippen molar-refractivity contribution in [1.82, 2.24) is 4.98 Å². The standard InChI is InChI=1S/C13H20N2O/c1-10-12(11(2)16)6-7-13(14-10)15-8-4-3-5-9-15/h6-7,11,16H,3-5,8-9H2,1-2H3. The summed E-state index contributed by atoms with van der Waals surface area (Å²) >= 11 is 0. The molecule has 1 fully saturated rings. The number of hydrogen-bond acceptors (Lipinski definition) is 3. The van der Waals surface area contributed by atoms with Crippen LogP contribution in [0.2, 0.25) is 0 Å². The van der Waals surface area contributed by atoms with E-state index >= 15 is 0 Å². The fourth-order valence-corrected chi connectivity index (χ4v) is 2.30. The molecule has 2 rings (SSSR count). The van der Waals surface area contributed by atoms with Crippen LogP contribution in [0.15, 0.2) is 12.1 Å². The van der Waals surface area contributed by atoms with E-state index < -0.39 is 6.10 Å². The molecule has 0 radical (unpaired) electrons. The molecule has 0 saturated carbocycles. The average Bonchev–Trinajstić information content (AvgIpc) is 2.29. The van der Waals surface area contributed by atoms with Gasteiger partial charge in [0.2, 0.25) is 0 Å². The summed E-state index contributed by atoms with van der Waals surface area (Å²) < 4.78 is 0. The number of aliphatic hydroxyl groups is 1. The predicted molar refractivity (Wildman–Crippen MR) is 65.7 cm³/mol. The third-order valence-electron chi connectivity index (χ3n) is 3.24. The van der Waals surface area contributed by atoms with E-state index in [9.17, 15) is 5.11 Å². The van der Waals surface area contributed by atoms with Crippen molar-refractivity contribution >= 4 is 5.82 Å². The van der Waals surface area contributed by atoms with Gasteiger partial charge in [-0.15, -0.1) is 0 Å². The van der Waals surface area contributed by atoms with Crippen LogP contribution in [0.25, 0.3) is 0 Å². The van der Waals surface area contributed by atoms with Crippen LogP contribution in [0.5, 0.6) is 0 Å². The first-order valence-corrected chi connectivity index (χ1v) is 6.09. The Kier molecular flexibility index (Phi) is 3.44. The molecule has 1 aliphatic heterocycles. The minimum absolute atomic E-state index is 0.428. The van der Waals surface area contributed by atoms with E-state index in [1.54, 1.807) is 6.92 Å². The summed E-state index contributed by atoms with van der Waals surface area (Å²) in [6.07, 6.45) is 3.43. The first kappa shape index (κ1) is 11.4. The average molecular weight is 220 g/mol. The maximum absolute atomic E-state index is 9.55. The maximum atomic E-state index is 9.55. The van der Waals surface area contributed by atoms with Gasteiger partial charge in [0.25, 0.3) is 0 Å². The molecule has 3 heteroatoms. The molecule has 3 nitrogen and oxygen atoms in total. The molecule has 0 spiro atoms. The minimum atomic E-state index is -0.428. The molecule has 2 heterocycles. The second kappa shape index (κ2) is 4.83. The van der Waals surface area contributed by atoms with Gasteiger partial charge in [-0.3, -0.25) is 0 Å². The van der Waals surface area contributed by atoms with Crippen LogP contribution < -0.4 is 4.90 Å². The third-order valence-corrected chi connectivity index (χ3v) is 3.24. The zero-order valence-corrected chi connectivity index (χ0v) is 10.1. The number of aryl methyl sites for hydroxylation is 1. The highest BCUT2D eigenvalue weighted by Crippen LogP contribution is 2.22. The van der Waals surface area contributed by atoms with E-state index in [-0.39, 0.29) is 0 Å². The first-order valence-electron chi connectivity index (χ1n) is 6.09. The summed E-state index contributed by atoms with van der Waals surface area (Å²) in [4.78, 5) is 6.92. The van der Waals surface area contributed by atoms with Crippen molar-refractivity contribution in [3.8, 4) is 0 Å². The van der Waals surface area contributed by atoms with Gasteiger partial charge in [-0.1, -0.05) is 6.07 Å². The Hall–Kier alpha value is -1.09. The normalized spacial score (nSPS) is 18.6. The number of nitrogens with zero attached hydrogens (tertiary/aromatic N) is 2. The lowest BCUT2D eigenvalue weighted by atomic mass is 10.1. The van der Waals surface area contributed by atoms with Crippen LogP contribution in [0.3, 0.4) is 0 Å². The molecule has 0 amide bonds. The Balaban J connectivity index is 2.19. The molecular weight excluding hydrogens is 200 g/mol. The SMILES string of the molecule is Cc1nc(N2CCCCC2)ccc1C(C)O. The van der Waals surface area contributed by atoms with Crippen LogP contribution in [0.1, 0.15) is 43.5 Å². The molecule has 0 aliphatic carbocycles. The van der Waals surface area contributed by atoms with Gasteiger partial charge in [0.05, 0.1) is 6.10 Å². The number of aromatic nitrogens is 1. The summed E-state index contributed by atoms with van der Waals surface area (Å²) in [5.74, 6) is 1.06. The molecular formula is C13H20N2O. The van der Waals surface area contributed by atoms with E-state index in [4.69, 9.17) is 0 Å². The third kappa shape index (κ3) is 2.35. The number of aliphatic hydroxyl groups excluding tert-OH is 1. The van der Waals surface area contributed by atoms with Gasteiger partial charge in [0, 0.05) is 24.3 Å². The minimum Gasteiger partial charge on any atom is -0.389 e. The van der Waals surface area contributed by atoms with Crippen molar-refractivity contribution in [2.45, 2.75) is 39.2 Å². The molecule has 1 unspecified atom stereocenters. The Morgan fingerprint density at radius 3 is 2.50 bits per heavy atom. The number of rotatable bonds is 2. The monoisotopic (exact) mass is 220 g/mol. The summed E-state index contributed by atoms with van der Waals surface area (Å²) in [5, 5.41) is 9.55. The highest BCUT2D eigenvalue weighted by Gasteiger charge is 2.14. The van der Waals surface area contributed by atoms with E-state index in [1.165, 1.54) is 19.3 Å². The topological polar surface area (TPSA) is 36.4 Å². The van der Waals surface area contributed by atoms with E-state index in [0.29, 0.717) is 0 Å². The van der Waals surface area contributed by atoms with E-state index in [2.05, 4.69) is 9.88 Å². The Labute approximate surface area is 97.1 Å². The van der Waals surface area contributed by atoms with Gasteiger partial charge in [0.15, 0.2) is 0 Å². The van der Waals surface area contributed by atoms with E-state index in [1.807, 2.05) is 19.1 Å². The van der Waals surface area contributed by atoms with E-state index in [0.717, 1.165) is 30.2 Å².